The molecule has 0 aliphatic rings. The number of rotatable bonds is 13. The molecule has 0 saturated carbocycles. The highest BCUT2D eigenvalue weighted by Crippen LogP contribution is 1.92. The number of carbonyl (C=O) groups is 1. The molecule has 0 aliphatic carbocycles. The quantitative estimate of drug-likeness (QED) is 0.329. The molecule has 0 rings (SSSR count). The summed E-state index contributed by atoms with van der Waals surface area (Å²) in [6.45, 7) is 23.9. The van der Waals surface area contributed by atoms with Crippen LogP contribution in [-0.2, 0) is 14.4 Å². The van der Waals surface area contributed by atoms with E-state index in [2.05, 4.69) is 43.8 Å². The summed E-state index contributed by atoms with van der Waals surface area (Å²) in [6, 6.07) is 0.922. The zero-order valence-electron chi connectivity index (χ0n) is 19.8. The van der Waals surface area contributed by atoms with Gasteiger partial charge in [0.05, 0.1) is 25.9 Å². The number of nitrogens with one attached hydrogen (secondary N) is 3. The Labute approximate surface area is 169 Å². The third kappa shape index (κ3) is 37.0. The smallest absolute Gasteiger partial charge is 0.149 e. The number of hydrogen-bond donors (Lipinski definition) is 3. The first-order valence-corrected chi connectivity index (χ1v) is 10.5. The lowest BCUT2D eigenvalue weighted by atomic mass is 10.1. The van der Waals surface area contributed by atoms with Gasteiger partial charge in [-0.25, -0.2) is 5.48 Å². The van der Waals surface area contributed by atoms with Crippen LogP contribution in [0.2, 0.25) is 0 Å². The first-order valence-electron chi connectivity index (χ1n) is 10.5. The van der Waals surface area contributed by atoms with Gasteiger partial charge < -0.3 is 20.2 Å². The molecule has 0 heterocycles. The highest BCUT2D eigenvalue weighted by atomic mass is 16.6. The van der Waals surface area contributed by atoms with E-state index in [1.165, 1.54) is 6.42 Å². The van der Waals surface area contributed by atoms with Crippen molar-refractivity contribution in [2.45, 2.75) is 93.8 Å². The highest BCUT2D eigenvalue weighted by molar-refractivity contribution is 5.82. The molecule has 0 aromatic rings. The Morgan fingerprint density at radius 3 is 1.74 bits per heavy atom. The molecule has 166 valence electrons. The van der Waals surface area contributed by atoms with Gasteiger partial charge in [-0.1, -0.05) is 61.8 Å². The summed E-state index contributed by atoms with van der Waals surface area (Å²) in [5.41, 5.74) is 2.85. The van der Waals surface area contributed by atoms with Gasteiger partial charge in [0.25, 0.3) is 0 Å². The standard InChI is InChI=1S/C10H24N2O2.C8H17NO.C3H8/c1-9(2)11-5-8-14-12-6-7-13-10(3)4;1-6(2)8(10)5-9-7(3)4;1-3-2/h9-12H,5-8H2,1-4H3;6-7,9H,5H2,1-4H3;3H2,1-2H3. The number of Topliss-reactive ketones (excluding diaryl/α,β-unsaturated/α-hetero) is 1. The Bertz CT molecular complexity index is 282. The van der Waals surface area contributed by atoms with Gasteiger partial charge in [0.1, 0.15) is 5.78 Å². The zero-order chi connectivity index (χ0) is 21.7. The summed E-state index contributed by atoms with van der Waals surface area (Å²) in [7, 11) is 0. The second-order valence-electron chi connectivity index (χ2n) is 7.63. The molecule has 0 bridgehead atoms. The second-order valence-corrected chi connectivity index (χ2v) is 7.63. The third-order valence-electron chi connectivity index (χ3n) is 2.84. The fourth-order valence-corrected chi connectivity index (χ4v) is 1.39. The number of ketones is 1. The van der Waals surface area contributed by atoms with E-state index >= 15 is 0 Å². The van der Waals surface area contributed by atoms with Gasteiger partial charge in [0, 0.05) is 31.1 Å². The fraction of sp³-hybridized carbons (Fsp3) is 0.952. The van der Waals surface area contributed by atoms with Gasteiger partial charge in [0.15, 0.2) is 0 Å². The van der Waals surface area contributed by atoms with E-state index in [-0.39, 0.29) is 11.7 Å². The average Bonchev–Trinajstić information content (AvgIpc) is 2.55. The van der Waals surface area contributed by atoms with Crippen LogP contribution in [0.15, 0.2) is 0 Å². The largest absolute Gasteiger partial charge is 0.377 e. The van der Waals surface area contributed by atoms with E-state index in [1.54, 1.807) is 0 Å². The zero-order valence-corrected chi connectivity index (χ0v) is 19.8. The van der Waals surface area contributed by atoms with Crippen LogP contribution in [0.1, 0.15) is 75.7 Å². The van der Waals surface area contributed by atoms with Crippen LogP contribution in [0.25, 0.3) is 0 Å². The summed E-state index contributed by atoms with van der Waals surface area (Å²) in [4.78, 5) is 16.2. The normalized spacial score (nSPS) is 10.7. The second kappa shape index (κ2) is 23.5. The lowest BCUT2D eigenvalue weighted by Gasteiger charge is -2.10. The molecule has 0 saturated heterocycles. The molecule has 0 radical (unpaired) electrons. The molecule has 0 aromatic carbocycles. The summed E-state index contributed by atoms with van der Waals surface area (Å²) in [5.74, 6) is 0.444. The SMILES string of the molecule is CC(C)NCC(=O)C(C)C.CC(C)NCCONCCOC(C)C.CCC. The first kappa shape index (κ1) is 31.2. The van der Waals surface area contributed by atoms with E-state index in [0.29, 0.717) is 37.9 Å². The molecule has 0 amide bonds. The van der Waals surface area contributed by atoms with Crippen LogP contribution in [0.5, 0.6) is 0 Å². The van der Waals surface area contributed by atoms with Gasteiger partial charge in [-0.05, 0) is 13.8 Å². The molecule has 0 spiro atoms. The minimum Gasteiger partial charge on any atom is -0.377 e. The molecule has 0 aromatic heterocycles. The lowest BCUT2D eigenvalue weighted by molar-refractivity contribution is -0.121. The number of hydrogen-bond acceptors (Lipinski definition) is 6. The highest BCUT2D eigenvalue weighted by Gasteiger charge is 2.06. The van der Waals surface area contributed by atoms with Crippen LogP contribution < -0.4 is 16.1 Å². The Kier molecular flexibility index (Phi) is 27.1. The van der Waals surface area contributed by atoms with Crippen LogP contribution in [0.4, 0.5) is 0 Å². The van der Waals surface area contributed by atoms with Crippen molar-refractivity contribution < 1.29 is 14.4 Å². The molecular weight excluding hydrogens is 342 g/mol. The molecule has 6 nitrogen and oxygen atoms in total. The summed E-state index contributed by atoms with van der Waals surface area (Å²) >= 11 is 0. The Morgan fingerprint density at radius 1 is 0.815 bits per heavy atom. The van der Waals surface area contributed by atoms with Crippen LogP contribution in [-0.4, -0.2) is 56.8 Å². The summed E-state index contributed by atoms with van der Waals surface area (Å²) < 4.78 is 5.33. The minimum absolute atomic E-state index is 0.159. The van der Waals surface area contributed by atoms with Crippen LogP contribution in [0, 0.1) is 5.92 Å². The molecule has 0 atom stereocenters. The van der Waals surface area contributed by atoms with Crippen molar-refractivity contribution in [3.05, 3.63) is 0 Å². The van der Waals surface area contributed by atoms with E-state index in [1.807, 2.05) is 41.5 Å². The van der Waals surface area contributed by atoms with Crippen molar-refractivity contribution in [3.63, 3.8) is 0 Å². The van der Waals surface area contributed by atoms with Crippen molar-refractivity contribution in [3.8, 4) is 0 Å². The van der Waals surface area contributed by atoms with E-state index in [9.17, 15) is 4.79 Å². The average molecular weight is 392 g/mol. The van der Waals surface area contributed by atoms with Crippen molar-refractivity contribution in [2.24, 2.45) is 5.92 Å². The van der Waals surface area contributed by atoms with E-state index in [0.717, 1.165) is 13.1 Å². The summed E-state index contributed by atoms with van der Waals surface area (Å²) in [6.07, 6.45) is 1.54. The Balaban J connectivity index is -0.000000387. The van der Waals surface area contributed by atoms with Gasteiger partial charge in [-0.15, -0.1) is 0 Å². The minimum atomic E-state index is 0.159. The van der Waals surface area contributed by atoms with Gasteiger partial charge in [-0.3, -0.25) is 4.79 Å². The van der Waals surface area contributed by atoms with Crippen molar-refractivity contribution in [1.82, 2.24) is 16.1 Å². The number of carbonyl (C=O) groups excluding carboxylic acids is 1. The molecule has 0 aliphatic heterocycles. The molecule has 27 heavy (non-hydrogen) atoms. The number of ether oxygens (including phenoxy) is 1. The predicted molar refractivity (Wildman–Crippen MR) is 117 cm³/mol. The topological polar surface area (TPSA) is 71.6 Å². The molecule has 3 N–H and O–H groups in total. The van der Waals surface area contributed by atoms with Crippen molar-refractivity contribution >= 4 is 5.78 Å². The first-order chi connectivity index (χ1) is 12.6. The van der Waals surface area contributed by atoms with Crippen molar-refractivity contribution in [2.75, 3.05) is 32.8 Å². The van der Waals surface area contributed by atoms with E-state index in [4.69, 9.17) is 9.57 Å². The third-order valence-corrected chi connectivity index (χ3v) is 2.84. The monoisotopic (exact) mass is 391 g/mol. The maximum absolute atomic E-state index is 11.0. The molecule has 0 unspecified atom stereocenters. The Morgan fingerprint density at radius 2 is 1.33 bits per heavy atom. The fourth-order valence-electron chi connectivity index (χ4n) is 1.39. The maximum atomic E-state index is 11.0. The van der Waals surface area contributed by atoms with Crippen molar-refractivity contribution in [1.29, 1.82) is 0 Å². The van der Waals surface area contributed by atoms with Crippen LogP contribution >= 0.6 is 0 Å². The van der Waals surface area contributed by atoms with E-state index < -0.39 is 0 Å². The molecule has 6 heteroatoms. The Hall–Kier alpha value is -0.530. The van der Waals surface area contributed by atoms with Crippen LogP contribution in [0.3, 0.4) is 0 Å². The lowest BCUT2D eigenvalue weighted by Crippen LogP contribution is -2.31. The predicted octanol–water partition coefficient (Wildman–Crippen LogP) is 3.56. The molecule has 0 fully saturated rings. The van der Waals surface area contributed by atoms with Gasteiger partial charge in [0.2, 0.25) is 0 Å². The van der Waals surface area contributed by atoms with Gasteiger partial charge in [-0.2, -0.15) is 0 Å². The van der Waals surface area contributed by atoms with Gasteiger partial charge >= 0.3 is 0 Å². The molecular formula is C21H49N3O3. The number of hydroxylamine groups is 1. The summed E-state index contributed by atoms with van der Waals surface area (Å²) in [5, 5.41) is 6.34. The maximum Gasteiger partial charge on any atom is 0.149 e.